The number of hydrogen-bond donors (Lipinski definition) is 0. The summed E-state index contributed by atoms with van der Waals surface area (Å²) in [6.45, 7) is -13.4. The molecule has 0 amide bonds. The lowest BCUT2D eigenvalue weighted by molar-refractivity contribution is 0.840. The van der Waals surface area contributed by atoms with E-state index < -0.39 is 32.5 Å². The highest BCUT2D eigenvalue weighted by atomic mass is 35.5. The Labute approximate surface area is 91.4 Å². The Bertz CT molecular complexity index is 514. The topological polar surface area (TPSA) is 29.0 Å². The average molecular weight is 196 g/mol. The van der Waals surface area contributed by atoms with Crippen LogP contribution in [0.2, 0.25) is 5.15 Å². The third-order valence-electron chi connectivity index (χ3n) is 1.05. The summed E-state index contributed by atoms with van der Waals surface area (Å²) in [7, 11) is 0. The van der Waals surface area contributed by atoms with Crippen molar-refractivity contribution in [1.29, 1.82) is 0 Å². The minimum absolute atomic E-state index is 0.0706. The molecule has 1 heterocycles. The predicted molar refractivity (Wildman–Crippen MR) is 50.6 cm³/mol. The lowest BCUT2D eigenvalue weighted by Gasteiger charge is -2.18. The van der Waals surface area contributed by atoms with E-state index in [1.165, 1.54) is 0 Å². The molecule has 4 heteroatoms. The van der Waals surface area contributed by atoms with Gasteiger partial charge in [0.2, 0.25) is 0 Å². The Morgan fingerprint density at radius 3 is 2.92 bits per heavy atom. The van der Waals surface area contributed by atoms with Crippen LogP contribution in [0.3, 0.4) is 0 Å². The molecule has 0 saturated carbocycles. The van der Waals surface area contributed by atoms with Gasteiger partial charge in [-0.25, -0.2) is 4.98 Å². The minimum Gasteiger partial charge on any atom is -0.356 e. The zero-order chi connectivity index (χ0) is 17.6. The van der Waals surface area contributed by atoms with Crippen molar-refractivity contribution in [3.05, 3.63) is 17.5 Å². The predicted octanol–water partition coefficient (Wildman–Crippen LogP) is 1.98. The monoisotopic (exact) mass is 195 g/mol. The molecule has 0 saturated heterocycles. The molecule has 0 N–H and O–H groups in total. The van der Waals surface area contributed by atoms with Crippen LogP contribution in [0.4, 0.5) is 5.82 Å². The molecular weight excluding hydrogens is 174 g/mol. The SMILES string of the molecule is [2H]C([2H])([2H])C([2H])([2H])N(c1cncc(Cl)n1)C([2H])([2H])C([2H])([2H])[2H]. The van der Waals surface area contributed by atoms with Gasteiger partial charge in [0.05, 0.1) is 12.4 Å². The number of rotatable bonds is 3. The molecule has 3 nitrogen and oxygen atoms in total. The van der Waals surface area contributed by atoms with Gasteiger partial charge in [-0.15, -0.1) is 0 Å². The van der Waals surface area contributed by atoms with Gasteiger partial charge >= 0.3 is 0 Å². The van der Waals surface area contributed by atoms with Crippen molar-refractivity contribution < 1.29 is 13.7 Å². The van der Waals surface area contributed by atoms with Crippen LogP contribution in [0.15, 0.2) is 12.4 Å². The van der Waals surface area contributed by atoms with Gasteiger partial charge < -0.3 is 4.90 Å². The van der Waals surface area contributed by atoms with Crippen LogP contribution in [0.25, 0.3) is 0 Å². The van der Waals surface area contributed by atoms with Crippen molar-refractivity contribution in [3.63, 3.8) is 0 Å². The number of halogens is 1. The molecule has 0 bridgehead atoms. The zero-order valence-corrected chi connectivity index (χ0v) is 6.63. The van der Waals surface area contributed by atoms with E-state index in [9.17, 15) is 0 Å². The van der Waals surface area contributed by atoms with Crippen molar-refractivity contribution in [3.8, 4) is 0 Å². The van der Waals surface area contributed by atoms with Gasteiger partial charge in [0.25, 0.3) is 0 Å². The molecule has 0 spiro atoms. The first-order chi connectivity index (χ1) is 9.62. The number of hydrogen-bond acceptors (Lipinski definition) is 3. The first kappa shape index (κ1) is 2.58. The largest absolute Gasteiger partial charge is 0.356 e. The summed E-state index contributed by atoms with van der Waals surface area (Å²) < 4.78 is 74.3. The summed E-state index contributed by atoms with van der Waals surface area (Å²) in [4.78, 5) is 7.07. The number of nitrogens with zero attached hydrogens (tertiary/aromatic N) is 3. The van der Waals surface area contributed by atoms with Crippen LogP contribution >= 0.6 is 11.6 Å². The fourth-order valence-corrected chi connectivity index (χ4v) is 0.726. The van der Waals surface area contributed by atoms with E-state index in [1.807, 2.05) is 0 Å². The first-order valence-corrected chi connectivity index (χ1v) is 3.28. The second-order valence-corrected chi connectivity index (χ2v) is 2.15. The molecule has 0 fully saturated rings. The molecule has 0 aliphatic carbocycles. The molecule has 1 aromatic rings. The van der Waals surface area contributed by atoms with Gasteiger partial charge in [-0.1, -0.05) is 11.6 Å². The van der Waals surface area contributed by atoms with Crippen molar-refractivity contribution in [1.82, 2.24) is 9.97 Å². The molecule has 1 aromatic heterocycles. The molecule has 0 aliphatic rings. The summed E-state index contributed by atoms with van der Waals surface area (Å²) in [6.07, 6.45) is 1.89. The summed E-state index contributed by atoms with van der Waals surface area (Å²) in [5, 5.41) is -0.273. The van der Waals surface area contributed by atoms with E-state index in [1.54, 1.807) is 0 Å². The molecule has 0 unspecified atom stereocenters. The van der Waals surface area contributed by atoms with Crippen LogP contribution in [0.1, 0.15) is 27.4 Å². The van der Waals surface area contributed by atoms with Gasteiger partial charge in [0.15, 0.2) is 0 Å². The van der Waals surface area contributed by atoms with Gasteiger partial charge in [0, 0.05) is 26.7 Å². The van der Waals surface area contributed by atoms with Crippen molar-refractivity contribution in [2.24, 2.45) is 0 Å². The summed E-state index contributed by atoms with van der Waals surface area (Å²) >= 11 is 5.59. The van der Waals surface area contributed by atoms with Crippen molar-refractivity contribution in [2.75, 3.05) is 17.9 Å². The van der Waals surface area contributed by atoms with Gasteiger partial charge in [-0.05, 0) is 13.7 Å². The highest BCUT2D eigenvalue weighted by Gasteiger charge is 2.02. The second kappa shape index (κ2) is 4.26. The summed E-state index contributed by atoms with van der Waals surface area (Å²) in [5.41, 5.74) is 0. The zero-order valence-electron chi connectivity index (χ0n) is 15.9. The van der Waals surface area contributed by atoms with Crippen LogP contribution < -0.4 is 4.90 Å². The third kappa shape index (κ3) is 2.08. The van der Waals surface area contributed by atoms with Crippen LogP contribution in [-0.4, -0.2) is 23.0 Å². The van der Waals surface area contributed by atoms with Crippen LogP contribution in [0.5, 0.6) is 0 Å². The number of anilines is 1. The Balaban J connectivity index is 3.61. The maximum atomic E-state index is 7.71. The summed E-state index contributed by atoms with van der Waals surface area (Å²) in [5.74, 6) is -0.644. The van der Waals surface area contributed by atoms with E-state index >= 15 is 0 Å². The van der Waals surface area contributed by atoms with E-state index in [0.29, 0.717) is 0 Å². The fraction of sp³-hybridized carbons (Fsp3) is 0.500. The minimum atomic E-state index is -3.37. The van der Waals surface area contributed by atoms with Gasteiger partial charge in [-0.2, -0.15) is 0 Å². The van der Waals surface area contributed by atoms with Gasteiger partial charge in [0.1, 0.15) is 11.0 Å². The van der Waals surface area contributed by atoms with Crippen LogP contribution in [0, 0.1) is 0 Å². The Kier molecular flexibility index (Phi) is 0.915. The highest BCUT2D eigenvalue weighted by Crippen LogP contribution is 2.11. The Morgan fingerprint density at radius 2 is 2.33 bits per heavy atom. The van der Waals surface area contributed by atoms with Crippen LogP contribution in [-0.2, 0) is 0 Å². The Hall–Kier alpha value is -0.830. The van der Waals surface area contributed by atoms with E-state index in [-0.39, 0.29) is 10.1 Å². The normalized spacial score (nSPS) is 26.8. The van der Waals surface area contributed by atoms with Crippen molar-refractivity contribution in [2.45, 2.75) is 13.7 Å². The van der Waals surface area contributed by atoms with E-state index in [4.69, 9.17) is 25.3 Å². The molecular formula is C8H12ClN3. The molecule has 1 rings (SSSR count). The molecule has 66 valence electrons. The standard InChI is InChI=1S/C8H12ClN3/c1-3-12(4-2)8-6-10-5-7(9)11-8/h5-6H,3-4H2,1-2H3/i1D3,2D3,3D2,4D2. The fourth-order valence-electron chi connectivity index (χ4n) is 0.583. The van der Waals surface area contributed by atoms with E-state index in [2.05, 4.69) is 9.97 Å². The Morgan fingerprint density at radius 1 is 1.58 bits per heavy atom. The molecule has 0 atom stereocenters. The average Bonchev–Trinajstić information content (AvgIpc) is 2.24. The van der Waals surface area contributed by atoms with E-state index in [0.717, 1.165) is 12.4 Å². The quantitative estimate of drug-likeness (QED) is 0.739. The highest BCUT2D eigenvalue weighted by molar-refractivity contribution is 6.29. The molecule has 0 aromatic carbocycles. The molecule has 12 heavy (non-hydrogen) atoms. The molecule has 0 radical (unpaired) electrons. The number of aromatic nitrogens is 2. The maximum Gasteiger partial charge on any atom is 0.149 e. The lowest BCUT2D eigenvalue weighted by atomic mass is 10.5. The summed E-state index contributed by atoms with van der Waals surface area (Å²) in [6, 6.07) is 0. The second-order valence-electron chi connectivity index (χ2n) is 1.76. The van der Waals surface area contributed by atoms with Crippen molar-refractivity contribution >= 4 is 17.4 Å². The lowest BCUT2D eigenvalue weighted by Crippen LogP contribution is -2.23. The van der Waals surface area contributed by atoms with Gasteiger partial charge in [-0.3, -0.25) is 4.98 Å². The smallest absolute Gasteiger partial charge is 0.149 e. The maximum absolute atomic E-state index is 7.71. The first-order valence-electron chi connectivity index (χ1n) is 7.90. The third-order valence-corrected chi connectivity index (χ3v) is 1.23. The molecule has 0 aliphatic heterocycles.